The van der Waals surface area contributed by atoms with Gasteiger partial charge in [0, 0.05) is 5.56 Å². The second kappa shape index (κ2) is 6.21. The molecule has 5 heteroatoms. The van der Waals surface area contributed by atoms with E-state index in [9.17, 15) is 9.18 Å². The summed E-state index contributed by atoms with van der Waals surface area (Å²) in [6.07, 6.45) is -0.157. The van der Waals surface area contributed by atoms with Crippen molar-refractivity contribution in [3.63, 3.8) is 0 Å². The van der Waals surface area contributed by atoms with Gasteiger partial charge >= 0.3 is 5.97 Å². The van der Waals surface area contributed by atoms with Gasteiger partial charge in [-0.1, -0.05) is 6.07 Å². The first-order valence-electron chi connectivity index (χ1n) is 5.06. The number of benzene rings is 1. The van der Waals surface area contributed by atoms with Crippen molar-refractivity contribution < 1.29 is 13.9 Å². The highest BCUT2D eigenvalue weighted by Crippen LogP contribution is 2.20. The summed E-state index contributed by atoms with van der Waals surface area (Å²) in [5.74, 6) is -1.21. The Morgan fingerprint density at radius 3 is 2.82 bits per heavy atom. The molecular formula is C12H11ClFNO2. The molecule has 1 aromatic carbocycles. The average molecular weight is 256 g/mol. The highest BCUT2D eigenvalue weighted by molar-refractivity contribution is 6.17. The molecule has 0 heterocycles. The minimum absolute atomic E-state index is 0.106. The number of esters is 1. The molecule has 0 fully saturated rings. The van der Waals surface area contributed by atoms with Crippen LogP contribution < -0.4 is 0 Å². The van der Waals surface area contributed by atoms with E-state index in [2.05, 4.69) is 0 Å². The molecule has 0 atom stereocenters. The van der Waals surface area contributed by atoms with Gasteiger partial charge in [-0.25, -0.2) is 4.39 Å². The second-order valence-corrected chi connectivity index (χ2v) is 3.56. The van der Waals surface area contributed by atoms with Gasteiger partial charge in [0.1, 0.15) is 5.82 Å². The van der Waals surface area contributed by atoms with Crippen LogP contribution >= 0.6 is 11.6 Å². The number of ether oxygens (including phenoxy) is 1. The molecule has 0 aliphatic carbocycles. The molecule has 0 saturated carbocycles. The predicted octanol–water partition coefficient (Wildman–Crippen LogP) is 2.54. The lowest BCUT2D eigenvalue weighted by atomic mass is 10.0. The van der Waals surface area contributed by atoms with E-state index in [-0.39, 0.29) is 35.6 Å². The molecule has 90 valence electrons. The van der Waals surface area contributed by atoms with Crippen molar-refractivity contribution in [1.82, 2.24) is 0 Å². The Kier molecular flexibility index (Phi) is 4.92. The molecule has 1 aromatic rings. The van der Waals surface area contributed by atoms with Crippen molar-refractivity contribution in [2.45, 2.75) is 19.2 Å². The molecule has 0 spiro atoms. The maximum absolute atomic E-state index is 13.9. The van der Waals surface area contributed by atoms with Crippen LogP contribution in [0.25, 0.3) is 0 Å². The number of alkyl halides is 1. The number of rotatable bonds is 4. The Bertz CT molecular complexity index is 468. The van der Waals surface area contributed by atoms with Gasteiger partial charge in [-0.3, -0.25) is 4.79 Å². The molecule has 0 amide bonds. The topological polar surface area (TPSA) is 50.1 Å². The monoisotopic (exact) mass is 255 g/mol. The maximum atomic E-state index is 13.9. The van der Waals surface area contributed by atoms with Gasteiger partial charge in [0.05, 0.1) is 30.5 Å². The minimum atomic E-state index is -0.605. The highest BCUT2D eigenvalue weighted by Gasteiger charge is 2.15. The van der Waals surface area contributed by atoms with Crippen LogP contribution in [0.1, 0.15) is 23.6 Å². The summed E-state index contributed by atoms with van der Waals surface area (Å²) in [5, 5.41) is 8.76. The molecule has 0 N–H and O–H groups in total. The third-order valence-electron chi connectivity index (χ3n) is 2.22. The Morgan fingerprint density at radius 1 is 1.59 bits per heavy atom. The third-order valence-corrected chi connectivity index (χ3v) is 2.48. The van der Waals surface area contributed by atoms with Crippen LogP contribution in [-0.4, -0.2) is 12.6 Å². The summed E-state index contributed by atoms with van der Waals surface area (Å²) in [5.41, 5.74) is 0.499. The normalized spacial score (nSPS) is 9.76. The first-order chi connectivity index (χ1) is 8.13. The average Bonchev–Trinajstić information content (AvgIpc) is 2.31. The summed E-state index contributed by atoms with van der Waals surface area (Å²) < 4.78 is 18.6. The quantitative estimate of drug-likeness (QED) is 0.614. The van der Waals surface area contributed by atoms with Crippen molar-refractivity contribution in [2.75, 3.05) is 6.61 Å². The van der Waals surface area contributed by atoms with E-state index in [4.69, 9.17) is 21.6 Å². The molecule has 3 nitrogen and oxygen atoms in total. The van der Waals surface area contributed by atoms with E-state index in [0.29, 0.717) is 0 Å². The molecule has 0 aliphatic heterocycles. The molecular weight excluding hydrogens is 245 g/mol. The molecule has 0 unspecified atom stereocenters. The lowest BCUT2D eigenvalue weighted by molar-refractivity contribution is -0.142. The number of hydrogen-bond donors (Lipinski definition) is 0. The van der Waals surface area contributed by atoms with E-state index in [1.54, 1.807) is 6.92 Å². The minimum Gasteiger partial charge on any atom is -0.466 e. The van der Waals surface area contributed by atoms with E-state index in [0.717, 1.165) is 0 Å². The molecule has 0 saturated heterocycles. The van der Waals surface area contributed by atoms with Gasteiger partial charge < -0.3 is 4.74 Å². The standard InChI is InChI=1S/C12H11ClFNO2/c1-2-17-11(16)5-8-3-4-9(7-15)10(6-13)12(8)14/h3-4H,2,5-6H2,1H3. The Labute approximate surface area is 104 Å². The number of nitriles is 1. The van der Waals surface area contributed by atoms with Crippen molar-refractivity contribution >= 4 is 17.6 Å². The highest BCUT2D eigenvalue weighted by atomic mass is 35.5. The first kappa shape index (κ1) is 13.5. The first-order valence-corrected chi connectivity index (χ1v) is 5.59. The van der Waals surface area contributed by atoms with Gasteiger partial charge in [0.25, 0.3) is 0 Å². The zero-order valence-corrected chi connectivity index (χ0v) is 10.1. The van der Waals surface area contributed by atoms with Gasteiger partial charge in [-0.05, 0) is 18.6 Å². The van der Waals surface area contributed by atoms with Crippen LogP contribution in [0.5, 0.6) is 0 Å². The van der Waals surface area contributed by atoms with Crippen LogP contribution in [0.4, 0.5) is 4.39 Å². The zero-order valence-electron chi connectivity index (χ0n) is 9.30. The fourth-order valence-corrected chi connectivity index (χ4v) is 1.67. The van der Waals surface area contributed by atoms with Gasteiger partial charge in [0.15, 0.2) is 0 Å². The van der Waals surface area contributed by atoms with Crippen molar-refractivity contribution in [2.24, 2.45) is 0 Å². The van der Waals surface area contributed by atoms with Crippen molar-refractivity contribution in [3.05, 3.63) is 34.6 Å². The van der Waals surface area contributed by atoms with E-state index < -0.39 is 11.8 Å². The van der Waals surface area contributed by atoms with E-state index in [1.165, 1.54) is 12.1 Å². The summed E-state index contributed by atoms with van der Waals surface area (Å²) >= 11 is 5.58. The molecule has 0 aliphatic rings. The second-order valence-electron chi connectivity index (χ2n) is 3.29. The molecule has 0 radical (unpaired) electrons. The van der Waals surface area contributed by atoms with Gasteiger partial charge in [0.2, 0.25) is 0 Å². The van der Waals surface area contributed by atoms with Gasteiger partial charge in [-0.15, -0.1) is 11.6 Å². The molecule has 1 rings (SSSR count). The van der Waals surface area contributed by atoms with Crippen LogP contribution in [0.15, 0.2) is 12.1 Å². The Balaban J connectivity index is 3.03. The third kappa shape index (κ3) is 3.18. The number of halogens is 2. The summed E-state index contributed by atoms with van der Waals surface area (Å²) in [6, 6.07) is 4.71. The molecule has 0 aromatic heterocycles. The van der Waals surface area contributed by atoms with Crippen molar-refractivity contribution in [3.8, 4) is 6.07 Å². The number of carbonyl (C=O) groups is 1. The van der Waals surface area contributed by atoms with Crippen LogP contribution in [-0.2, 0) is 21.8 Å². The van der Waals surface area contributed by atoms with Crippen LogP contribution in [0, 0.1) is 17.1 Å². The molecule has 0 bridgehead atoms. The fourth-order valence-electron chi connectivity index (χ4n) is 1.41. The largest absolute Gasteiger partial charge is 0.466 e. The van der Waals surface area contributed by atoms with Crippen LogP contribution in [0.2, 0.25) is 0 Å². The number of carbonyl (C=O) groups excluding carboxylic acids is 1. The predicted molar refractivity (Wildman–Crippen MR) is 61.0 cm³/mol. The smallest absolute Gasteiger partial charge is 0.310 e. The number of nitrogens with zero attached hydrogens (tertiary/aromatic N) is 1. The summed E-state index contributed by atoms with van der Waals surface area (Å²) in [6.45, 7) is 1.93. The zero-order chi connectivity index (χ0) is 12.8. The SMILES string of the molecule is CCOC(=O)Cc1ccc(C#N)c(CCl)c1F. The lowest BCUT2D eigenvalue weighted by Gasteiger charge is -2.07. The fraction of sp³-hybridized carbons (Fsp3) is 0.333. The van der Waals surface area contributed by atoms with Gasteiger partial charge in [-0.2, -0.15) is 5.26 Å². The van der Waals surface area contributed by atoms with Crippen LogP contribution in [0.3, 0.4) is 0 Å². The maximum Gasteiger partial charge on any atom is 0.310 e. The van der Waals surface area contributed by atoms with E-state index in [1.807, 2.05) is 6.07 Å². The summed E-state index contributed by atoms with van der Waals surface area (Å²) in [4.78, 5) is 11.2. The van der Waals surface area contributed by atoms with E-state index >= 15 is 0 Å². The molecule has 17 heavy (non-hydrogen) atoms. The number of hydrogen-bond acceptors (Lipinski definition) is 3. The lowest BCUT2D eigenvalue weighted by Crippen LogP contribution is -2.10. The Morgan fingerprint density at radius 2 is 2.29 bits per heavy atom. The Hall–Kier alpha value is -1.60. The summed E-state index contributed by atoms with van der Waals surface area (Å²) in [7, 11) is 0. The van der Waals surface area contributed by atoms with Crippen molar-refractivity contribution in [1.29, 1.82) is 5.26 Å².